The molecule has 3 nitrogen and oxygen atoms in total. The van der Waals surface area contributed by atoms with E-state index < -0.39 is 6.55 Å². The van der Waals surface area contributed by atoms with Gasteiger partial charge in [-0.3, -0.25) is 4.57 Å². The Morgan fingerprint density at radius 1 is 1.44 bits per heavy atom. The van der Waals surface area contributed by atoms with Crippen LogP contribution in [-0.2, 0) is 6.54 Å². The second-order valence-electron chi connectivity index (χ2n) is 5.18. The highest BCUT2D eigenvalue weighted by atomic mass is 19.3. The van der Waals surface area contributed by atoms with Gasteiger partial charge in [0.05, 0.1) is 6.54 Å². The standard InChI is InChI=1S/C13H21F2N3/c1-10-4-2-3-5-11(10)8-16-9-12-17-6-7-18(12)13(14)15/h6-7,10-11,13,16H,2-5,8-9H2,1H3. The maximum atomic E-state index is 12.6. The number of alkyl halides is 2. The molecule has 0 amide bonds. The highest BCUT2D eigenvalue weighted by Gasteiger charge is 2.21. The summed E-state index contributed by atoms with van der Waals surface area (Å²) in [6, 6.07) is 0. The van der Waals surface area contributed by atoms with Gasteiger partial charge in [0.2, 0.25) is 0 Å². The van der Waals surface area contributed by atoms with E-state index in [0.717, 1.165) is 17.0 Å². The van der Waals surface area contributed by atoms with E-state index in [9.17, 15) is 8.78 Å². The van der Waals surface area contributed by atoms with E-state index in [1.807, 2.05) is 0 Å². The molecule has 1 heterocycles. The summed E-state index contributed by atoms with van der Waals surface area (Å²) in [6.45, 7) is 1.10. The third-order valence-electron chi connectivity index (χ3n) is 3.94. The Morgan fingerprint density at radius 2 is 2.22 bits per heavy atom. The summed E-state index contributed by atoms with van der Waals surface area (Å²) in [6.07, 6.45) is 7.91. The van der Waals surface area contributed by atoms with Crippen LogP contribution in [0.5, 0.6) is 0 Å². The number of rotatable bonds is 5. The smallest absolute Gasteiger partial charge is 0.310 e. The maximum Gasteiger partial charge on any atom is 0.319 e. The number of imidazole rings is 1. The lowest BCUT2D eigenvalue weighted by Crippen LogP contribution is -2.29. The molecule has 1 N–H and O–H groups in total. The van der Waals surface area contributed by atoms with E-state index in [1.165, 1.54) is 38.1 Å². The van der Waals surface area contributed by atoms with Crippen molar-refractivity contribution in [3.05, 3.63) is 18.2 Å². The van der Waals surface area contributed by atoms with E-state index in [-0.39, 0.29) is 0 Å². The van der Waals surface area contributed by atoms with E-state index in [1.54, 1.807) is 0 Å². The Bertz CT molecular complexity index is 365. The van der Waals surface area contributed by atoms with Crippen LogP contribution in [0.3, 0.4) is 0 Å². The second-order valence-corrected chi connectivity index (χ2v) is 5.18. The Kier molecular flexibility index (Phi) is 4.69. The molecule has 18 heavy (non-hydrogen) atoms. The zero-order chi connectivity index (χ0) is 13.0. The molecule has 1 fully saturated rings. The summed E-state index contributed by atoms with van der Waals surface area (Å²) >= 11 is 0. The summed E-state index contributed by atoms with van der Waals surface area (Å²) < 4.78 is 26.1. The predicted molar refractivity (Wildman–Crippen MR) is 66.3 cm³/mol. The first-order valence-electron chi connectivity index (χ1n) is 6.69. The SMILES string of the molecule is CC1CCCCC1CNCc1nccn1C(F)F. The van der Waals surface area contributed by atoms with Gasteiger partial charge in [0.15, 0.2) is 0 Å². The van der Waals surface area contributed by atoms with Crippen molar-refractivity contribution in [3.63, 3.8) is 0 Å². The molecule has 1 aromatic heterocycles. The predicted octanol–water partition coefficient (Wildman–Crippen LogP) is 3.19. The van der Waals surface area contributed by atoms with Crippen molar-refractivity contribution in [2.45, 2.75) is 45.7 Å². The molecule has 0 aliphatic heterocycles. The minimum absolute atomic E-state index is 0.411. The average Bonchev–Trinajstić information content (AvgIpc) is 2.80. The molecule has 102 valence electrons. The summed E-state index contributed by atoms with van der Waals surface area (Å²) in [5.41, 5.74) is 0. The number of hydrogen-bond acceptors (Lipinski definition) is 2. The van der Waals surface area contributed by atoms with Crippen molar-refractivity contribution in [1.29, 1.82) is 0 Å². The largest absolute Gasteiger partial charge is 0.319 e. The summed E-state index contributed by atoms with van der Waals surface area (Å²) in [5, 5.41) is 3.27. The monoisotopic (exact) mass is 257 g/mol. The minimum Gasteiger partial charge on any atom is -0.310 e. The van der Waals surface area contributed by atoms with Gasteiger partial charge >= 0.3 is 6.55 Å². The molecular formula is C13H21F2N3. The summed E-state index contributed by atoms with van der Waals surface area (Å²) in [5.74, 6) is 1.82. The second kappa shape index (κ2) is 6.27. The fraction of sp³-hybridized carbons (Fsp3) is 0.769. The van der Waals surface area contributed by atoms with Gasteiger partial charge in [-0.05, 0) is 24.8 Å². The molecule has 5 heteroatoms. The molecule has 2 atom stereocenters. The Balaban J connectivity index is 1.79. The van der Waals surface area contributed by atoms with E-state index in [0.29, 0.717) is 18.3 Å². The average molecular weight is 257 g/mol. The first-order chi connectivity index (χ1) is 8.68. The van der Waals surface area contributed by atoms with Crippen molar-refractivity contribution in [3.8, 4) is 0 Å². The number of nitrogens with one attached hydrogen (secondary N) is 1. The van der Waals surface area contributed by atoms with Crippen LogP contribution in [0, 0.1) is 11.8 Å². The maximum absolute atomic E-state index is 12.6. The third-order valence-corrected chi connectivity index (χ3v) is 3.94. The Labute approximate surface area is 107 Å². The Morgan fingerprint density at radius 3 is 2.94 bits per heavy atom. The van der Waals surface area contributed by atoms with Gasteiger partial charge in [-0.1, -0.05) is 26.2 Å². The highest BCUT2D eigenvalue weighted by molar-refractivity contribution is 4.92. The molecule has 1 aliphatic rings. The van der Waals surface area contributed by atoms with Gasteiger partial charge in [0, 0.05) is 12.4 Å². The molecule has 1 aromatic rings. The van der Waals surface area contributed by atoms with Crippen LogP contribution in [0.15, 0.2) is 12.4 Å². The van der Waals surface area contributed by atoms with E-state index in [2.05, 4.69) is 17.2 Å². The van der Waals surface area contributed by atoms with Gasteiger partial charge in [0.25, 0.3) is 0 Å². The lowest BCUT2D eigenvalue weighted by Gasteiger charge is -2.28. The lowest BCUT2D eigenvalue weighted by atomic mass is 9.80. The molecule has 0 saturated heterocycles. The van der Waals surface area contributed by atoms with Gasteiger partial charge in [-0.25, -0.2) is 4.98 Å². The van der Waals surface area contributed by atoms with Gasteiger partial charge in [-0.2, -0.15) is 8.78 Å². The van der Waals surface area contributed by atoms with Crippen molar-refractivity contribution in [2.75, 3.05) is 6.54 Å². The van der Waals surface area contributed by atoms with E-state index in [4.69, 9.17) is 0 Å². The van der Waals surface area contributed by atoms with Crippen LogP contribution in [0.2, 0.25) is 0 Å². The molecule has 0 spiro atoms. The normalized spacial score (nSPS) is 24.7. The van der Waals surface area contributed by atoms with Crippen molar-refractivity contribution >= 4 is 0 Å². The Hall–Kier alpha value is -0.970. The molecule has 0 aromatic carbocycles. The molecule has 1 saturated carbocycles. The molecule has 2 rings (SSSR count). The number of nitrogens with zero attached hydrogens (tertiary/aromatic N) is 2. The lowest BCUT2D eigenvalue weighted by molar-refractivity contribution is 0.0665. The van der Waals surface area contributed by atoms with Crippen molar-refractivity contribution < 1.29 is 8.78 Å². The van der Waals surface area contributed by atoms with Crippen LogP contribution in [0.25, 0.3) is 0 Å². The van der Waals surface area contributed by atoms with Crippen LogP contribution in [-0.4, -0.2) is 16.1 Å². The molecule has 2 unspecified atom stereocenters. The first-order valence-corrected chi connectivity index (χ1v) is 6.69. The van der Waals surface area contributed by atoms with Crippen molar-refractivity contribution in [1.82, 2.24) is 14.9 Å². The molecule has 0 radical (unpaired) electrons. The summed E-state index contributed by atoms with van der Waals surface area (Å²) in [4.78, 5) is 3.96. The highest BCUT2D eigenvalue weighted by Crippen LogP contribution is 2.28. The molecule has 1 aliphatic carbocycles. The van der Waals surface area contributed by atoms with Crippen LogP contribution < -0.4 is 5.32 Å². The number of hydrogen-bond donors (Lipinski definition) is 1. The van der Waals surface area contributed by atoms with Crippen LogP contribution in [0.4, 0.5) is 8.78 Å². The summed E-state index contributed by atoms with van der Waals surface area (Å²) in [7, 11) is 0. The quantitative estimate of drug-likeness (QED) is 0.878. The number of halogens is 2. The van der Waals surface area contributed by atoms with Crippen LogP contribution >= 0.6 is 0 Å². The zero-order valence-corrected chi connectivity index (χ0v) is 10.8. The first kappa shape index (κ1) is 13.5. The minimum atomic E-state index is -2.50. The van der Waals surface area contributed by atoms with Crippen molar-refractivity contribution in [2.24, 2.45) is 11.8 Å². The topological polar surface area (TPSA) is 29.9 Å². The molecule has 0 bridgehead atoms. The van der Waals surface area contributed by atoms with Gasteiger partial charge in [-0.15, -0.1) is 0 Å². The van der Waals surface area contributed by atoms with E-state index >= 15 is 0 Å². The van der Waals surface area contributed by atoms with Crippen LogP contribution in [0.1, 0.15) is 45.0 Å². The fourth-order valence-corrected chi connectivity index (χ4v) is 2.72. The number of aromatic nitrogens is 2. The van der Waals surface area contributed by atoms with Gasteiger partial charge in [0.1, 0.15) is 5.82 Å². The molecular weight excluding hydrogens is 236 g/mol. The zero-order valence-electron chi connectivity index (χ0n) is 10.8. The van der Waals surface area contributed by atoms with Gasteiger partial charge < -0.3 is 5.32 Å². The third kappa shape index (κ3) is 3.28. The fourth-order valence-electron chi connectivity index (χ4n) is 2.72.